The number of ketones is 3. The fourth-order valence-corrected chi connectivity index (χ4v) is 22.7. The number of carbonyl (C=O) groups is 3. The van der Waals surface area contributed by atoms with Crippen molar-refractivity contribution in [3.05, 3.63) is 191 Å². The van der Waals surface area contributed by atoms with Gasteiger partial charge < -0.3 is 4.74 Å². The van der Waals surface area contributed by atoms with Gasteiger partial charge in [0.2, 0.25) is 0 Å². The molecule has 4 atom stereocenters. The highest BCUT2D eigenvalue weighted by molar-refractivity contribution is 7.49. The van der Waals surface area contributed by atoms with Crippen LogP contribution in [-0.2, 0) is 101 Å². The summed E-state index contributed by atoms with van der Waals surface area (Å²) in [4.78, 5) is 38.9. The van der Waals surface area contributed by atoms with Crippen LogP contribution in [0.15, 0.2) is 152 Å². The average molecular weight is 1590 g/mol. The van der Waals surface area contributed by atoms with Crippen molar-refractivity contribution in [1.29, 1.82) is 0 Å². The summed E-state index contributed by atoms with van der Waals surface area (Å²) in [6, 6.07) is 49.2. The Kier molecular flexibility index (Phi) is 25.2. The first-order chi connectivity index (χ1) is 51.3. The van der Waals surface area contributed by atoms with Crippen molar-refractivity contribution in [2.24, 2.45) is 27.6 Å². The molecule has 15 heterocycles. The number of phosphoric acid groups is 5. The van der Waals surface area contributed by atoms with Gasteiger partial charge in [-0.2, -0.15) is 0 Å². The lowest BCUT2D eigenvalue weighted by Gasteiger charge is -2.55. The first-order valence-electron chi connectivity index (χ1n) is 36.9. The van der Waals surface area contributed by atoms with Crippen LogP contribution in [0.5, 0.6) is 0 Å². The minimum absolute atomic E-state index is 0.000772. The second-order valence-corrected chi connectivity index (χ2v) is 38.5. The Morgan fingerprint density at radius 1 is 0.417 bits per heavy atom. The molecule has 0 aromatic heterocycles. The Labute approximate surface area is 632 Å². The predicted molar refractivity (Wildman–Crippen MR) is 404 cm³/mol. The van der Waals surface area contributed by atoms with Crippen LogP contribution in [0.2, 0.25) is 0 Å². The van der Waals surface area contributed by atoms with E-state index in [0.717, 1.165) is 40.7 Å². The van der Waals surface area contributed by atoms with E-state index in [2.05, 4.69) is 65.8 Å². The Morgan fingerprint density at radius 2 is 0.796 bits per heavy atom. The third-order valence-electron chi connectivity index (χ3n) is 21.8. The molecule has 0 N–H and O–H groups in total. The second-order valence-electron chi connectivity index (χ2n) is 30.4. The topological polar surface area (TPSA) is 284 Å². The monoisotopic (exact) mass is 1590 g/mol. The van der Waals surface area contributed by atoms with Crippen LogP contribution in [0.1, 0.15) is 154 Å². The molecular formula is C79H99O24P5. The van der Waals surface area contributed by atoms with Crippen LogP contribution in [0.4, 0.5) is 0 Å². The van der Waals surface area contributed by atoms with E-state index < -0.39 is 61.0 Å². The molecule has 0 spiro atoms. The highest BCUT2D eigenvalue weighted by Gasteiger charge is 2.65. The number of hydrogen-bond acceptors (Lipinski definition) is 24. The van der Waals surface area contributed by atoms with Crippen molar-refractivity contribution in [1.82, 2.24) is 0 Å². The lowest BCUT2D eigenvalue weighted by atomic mass is 9.76. The number of ether oxygens (including phenoxy) is 1. The van der Waals surface area contributed by atoms with E-state index in [1.807, 2.05) is 132 Å². The molecule has 29 heteroatoms. The van der Waals surface area contributed by atoms with Crippen LogP contribution < -0.4 is 0 Å². The van der Waals surface area contributed by atoms with Crippen LogP contribution in [0.3, 0.4) is 0 Å². The molecule has 108 heavy (non-hydrogen) atoms. The van der Waals surface area contributed by atoms with Gasteiger partial charge in [-0.05, 0) is 92.8 Å². The van der Waals surface area contributed by atoms with Gasteiger partial charge in [0.25, 0.3) is 0 Å². The van der Waals surface area contributed by atoms with E-state index in [-0.39, 0.29) is 112 Å². The quantitative estimate of drug-likeness (QED) is 0.0413. The molecule has 15 aliphatic rings. The molecule has 15 saturated heterocycles. The standard InChI is InChI=1S/C20H21O5P.2C18H17O5P.C14H27O5P.C9H17O4P/c1-19(2,16-8-4-3-5-9-16)17-10-6-7-15(11-17)18(21)20-12-23-26(22,24-13-20)25-14-20;2*1-13-3-2-4-16(9-13)14-5-7-15(8-6-14)17(19)18-10-21-24(20,22-11-18)23-12-18;1-5-6-7-8-9-10-16-14-11(2)17-20(15,18-12(14)3)19-13(14)4;1-4-9-5-11-14(10,12-6-9)13-8(9)7(2)3/h3-11H,12-14H2,1-2H3;2*2-9H,10-12H2,1H3;11-13H,5-10H2,1-4H3;7-8H,4-6H2,1-3H3. The van der Waals surface area contributed by atoms with Crippen LogP contribution in [-0.4, -0.2) is 127 Å². The van der Waals surface area contributed by atoms with E-state index in [1.165, 1.54) is 42.4 Å². The first kappa shape index (κ1) is 82.3. The maximum atomic E-state index is 13.2. The minimum Gasteiger partial charge on any atom is -0.367 e. The molecule has 0 radical (unpaired) electrons. The van der Waals surface area contributed by atoms with E-state index in [0.29, 0.717) is 42.4 Å². The van der Waals surface area contributed by atoms with Gasteiger partial charge in [-0.3, -0.25) is 82.2 Å². The van der Waals surface area contributed by atoms with Crippen molar-refractivity contribution < 1.29 is 110 Å². The Balaban J connectivity index is 0.000000128. The van der Waals surface area contributed by atoms with Gasteiger partial charge in [-0.25, -0.2) is 22.8 Å². The molecule has 0 saturated carbocycles. The molecular weight excluding hydrogens is 1490 g/mol. The summed E-state index contributed by atoms with van der Waals surface area (Å²) >= 11 is 0. The van der Waals surface area contributed by atoms with E-state index in [4.69, 9.17) is 72.6 Å². The number of benzene rings is 6. The Morgan fingerprint density at radius 3 is 1.19 bits per heavy atom. The normalized spacial score (nSPS) is 33.8. The zero-order valence-corrected chi connectivity index (χ0v) is 67.6. The molecule has 15 fully saturated rings. The van der Waals surface area contributed by atoms with Crippen molar-refractivity contribution in [3.63, 3.8) is 0 Å². The summed E-state index contributed by atoms with van der Waals surface area (Å²) in [5.74, 6) is 0.0266. The zero-order chi connectivity index (χ0) is 77.2. The summed E-state index contributed by atoms with van der Waals surface area (Å²) in [5, 5.41) is 0. The summed E-state index contributed by atoms with van der Waals surface area (Å²) in [5.41, 5.74) is 6.90. The zero-order valence-electron chi connectivity index (χ0n) is 63.1. The SMILES string of the molecule is CC(C)(c1ccccc1)c1cccc(C(=O)C23COP(=O)(OC2)OC3)c1.CCC12COP(=O)(OC1)OC2C(C)C.CCCCCCCOC12C(C)OP(=O)(OC1C)OC2C.Cc1cccc(-c2ccc(C(=O)C34COP(=O)(OC3)OC4)cc2)c1.Cc1cccc(-c2ccc(C(=O)C34COP(=O)(OC3)OC4)cc2)c1. The number of hydrogen-bond donors (Lipinski definition) is 0. The molecule has 24 nitrogen and oxygen atoms in total. The molecule has 4 unspecified atom stereocenters. The Bertz CT molecular complexity index is 4180. The summed E-state index contributed by atoms with van der Waals surface area (Å²) < 4.78 is 144. The van der Waals surface area contributed by atoms with Gasteiger partial charge in [0.05, 0.1) is 78.8 Å². The number of unbranched alkanes of at least 4 members (excludes halogenated alkanes) is 4. The van der Waals surface area contributed by atoms with E-state index in [1.54, 1.807) is 30.3 Å². The van der Waals surface area contributed by atoms with Crippen molar-refractivity contribution in [3.8, 4) is 22.3 Å². The van der Waals surface area contributed by atoms with Gasteiger partial charge in [0.15, 0.2) is 17.3 Å². The molecule has 15 aliphatic heterocycles. The molecule has 21 rings (SSSR count). The number of carbonyl (C=O) groups excluding carboxylic acids is 3. The molecule has 10 bridgehead atoms. The highest BCUT2D eigenvalue weighted by atomic mass is 31.2. The number of aryl methyl sites for hydroxylation is 2. The summed E-state index contributed by atoms with van der Waals surface area (Å²) in [6.45, 7) is 24.8. The minimum atomic E-state index is -3.43. The lowest BCUT2D eigenvalue weighted by Crippen LogP contribution is -2.66. The molecule has 0 amide bonds. The fourth-order valence-electron chi connectivity index (χ4n) is 14.8. The summed E-state index contributed by atoms with van der Waals surface area (Å²) in [6.07, 6.45) is 6.02. The second kappa shape index (κ2) is 33.1. The highest BCUT2D eigenvalue weighted by Crippen LogP contribution is 2.67. The number of rotatable bonds is 19. The average Bonchev–Trinajstić information content (AvgIpc) is 0.769. The third kappa shape index (κ3) is 17.5. The van der Waals surface area contributed by atoms with Crippen molar-refractivity contribution >= 4 is 56.5 Å². The van der Waals surface area contributed by atoms with Crippen LogP contribution in [0, 0.1) is 41.4 Å². The summed E-state index contributed by atoms with van der Waals surface area (Å²) in [7, 11) is -16.8. The van der Waals surface area contributed by atoms with Gasteiger partial charge in [-0.1, -0.05) is 224 Å². The van der Waals surface area contributed by atoms with E-state index >= 15 is 0 Å². The Hall–Kier alpha value is -5.16. The first-order valence-corrected chi connectivity index (χ1v) is 44.2. The number of phosphoric ester groups is 5. The number of fused-ring (bicyclic) bond motifs is 15. The van der Waals surface area contributed by atoms with Gasteiger partial charge in [-0.15, -0.1) is 0 Å². The maximum absolute atomic E-state index is 13.2. The van der Waals surface area contributed by atoms with Gasteiger partial charge in [0, 0.05) is 34.1 Å². The maximum Gasteiger partial charge on any atom is 0.475 e. The molecule has 6 aromatic rings. The molecule has 6 aromatic carbocycles. The molecule has 584 valence electrons. The number of Topliss-reactive ketones (excluding diaryl/α,β-unsaturated/α-hetero) is 3. The van der Waals surface area contributed by atoms with Gasteiger partial charge in [0.1, 0.15) is 40.2 Å². The van der Waals surface area contributed by atoms with Gasteiger partial charge >= 0.3 is 39.1 Å². The smallest absolute Gasteiger partial charge is 0.367 e. The van der Waals surface area contributed by atoms with Crippen molar-refractivity contribution in [2.45, 2.75) is 150 Å². The predicted octanol–water partition coefficient (Wildman–Crippen LogP) is 19.1. The third-order valence-corrected chi connectivity index (χ3v) is 28.9. The van der Waals surface area contributed by atoms with Crippen LogP contribution in [0.25, 0.3) is 22.3 Å². The lowest BCUT2D eigenvalue weighted by molar-refractivity contribution is -0.266. The largest absolute Gasteiger partial charge is 0.475 e. The van der Waals surface area contributed by atoms with Crippen molar-refractivity contribution in [2.75, 3.05) is 79.3 Å². The molecule has 0 aliphatic carbocycles. The van der Waals surface area contributed by atoms with Crippen LogP contribution >= 0.6 is 39.1 Å². The van der Waals surface area contributed by atoms with E-state index in [9.17, 15) is 37.2 Å². The fraction of sp³-hybridized carbons (Fsp3) is 0.506.